The van der Waals surface area contributed by atoms with E-state index >= 15 is 0 Å². The molecule has 0 radical (unpaired) electrons. The van der Waals surface area contributed by atoms with Crippen molar-refractivity contribution in [2.24, 2.45) is 5.92 Å². The molecule has 1 aromatic rings. The number of alkyl carbamates (subject to hydrolysis) is 1. The van der Waals surface area contributed by atoms with Crippen molar-refractivity contribution in [3.63, 3.8) is 0 Å². The second-order valence-electron chi connectivity index (χ2n) is 9.59. The van der Waals surface area contributed by atoms with Crippen LogP contribution >= 0.6 is 0 Å². The molecule has 0 spiro atoms. The third kappa shape index (κ3) is 12.2. The van der Waals surface area contributed by atoms with Gasteiger partial charge in [0, 0.05) is 19.0 Å². The third-order valence-corrected chi connectivity index (χ3v) is 5.68. The quantitative estimate of drug-likeness (QED) is 0.390. The number of carbonyl (C=O) groups is 3. The fourth-order valence-corrected chi connectivity index (χ4v) is 3.77. The van der Waals surface area contributed by atoms with Gasteiger partial charge >= 0.3 is 18.2 Å². The van der Waals surface area contributed by atoms with E-state index in [0.717, 1.165) is 5.56 Å². The maximum atomic E-state index is 12.5. The summed E-state index contributed by atoms with van der Waals surface area (Å²) >= 11 is 0. The largest absolute Gasteiger partial charge is 0.466 e. The monoisotopic (exact) mass is 507 g/mol. The Morgan fingerprint density at radius 1 is 0.972 bits per heavy atom. The number of likely N-dealkylation sites (tertiary alicyclic amines) is 1. The minimum absolute atomic E-state index is 0.0940. The molecule has 204 valence electrons. The molecule has 2 amide bonds. The number of esters is 1. The van der Waals surface area contributed by atoms with Crippen molar-refractivity contribution in [2.75, 3.05) is 39.3 Å². The van der Waals surface area contributed by atoms with Crippen LogP contribution in [0.15, 0.2) is 30.3 Å². The molecule has 1 aromatic carbocycles. The van der Waals surface area contributed by atoms with Crippen molar-refractivity contribution >= 4 is 18.2 Å². The van der Waals surface area contributed by atoms with Gasteiger partial charge in [0.05, 0.1) is 19.1 Å². The van der Waals surface area contributed by atoms with Gasteiger partial charge < -0.3 is 29.3 Å². The van der Waals surface area contributed by atoms with E-state index in [1.165, 1.54) is 24.5 Å². The van der Waals surface area contributed by atoms with Crippen LogP contribution in [0.1, 0.15) is 60.5 Å². The van der Waals surface area contributed by atoms with Crippen molar-refractivity contribution in [1.29, 1.82) is 0 Å². The molecule has 1 aliphatic rings. The Balaban J connectivity index is 0.000000809. The molecule has 1 N–H and O–H groups in total. The van der Waals surface area contributed by atoms with Gasteiger partial charge in [0.1, 0.15) is 12.2 Å². The molecule has 2 rings (SSSR count). The maximum absolute atomic E-state index is 12.5. The van der Waals surface area contributed by atoms with E-state index in [-0.39, 0.29) is 44.6 Å². The van der Waals surface area contributed by atoms with Crippen LogP contribution < -0.4 is 5.32 Å². The van der Waals surface area contributed by atoms with Crippen LogP contribution in [0.5, 0.6) is 0 Å². The van der Waals surface area contributed by atoms with Gasteiger partial charge in [-0.05, 0) is 52.9 Å². The highest BCUT2D eigenvalue weighted by Crippen LogP contribution is 2.23. The molecule has 1 saturated heterocycles. The summed E-state index contributed by atoms with van der Waals surface area (Å²) < 4.78 is 15.7. The van der Waals surface area contributed by atoms with E-state index in [1.807, 2.05) is 30.3 Å². The highest BCUT2D eigenvalue weighted by atomic mass is 16.6. The summed E-state index contributed by atoms with van der Waals surface area (Å²) in [6, 6.07) is 8.93. The second-order valence-corrected chi connectivity index (χ2v) is 9.59. The number of amides is 2. The first-order valence-electron chi connectivity index (χ1n) is 12.9. The standard InChI is InChI=1S/C21H30N2O6.C6H15N/c1-5-27-18(24)11-16-12-23(13-17(16)22-19(25)29-21(2,3)4)20(26)28-14-15-9-7-6-8-10-15;1-4-7(5-2)6-3/h6-10,16-17H,5,11-14H2,1-4H3,(H,22,25);4-6H2,1-3H3/t16-,17-;/m1./s1. The molecule has 0 bridgehead atoms. The SMILES string of the molecule is CCN(CC)CC.CCOC(=O)C[C@@H]1CN(C(=O)OCc2ccccc2)C[C@H]1NC(=O)OC(C)(C)C. The Bertz CT molecular complexity index is 787. The normalized spacial score (nSPS) is 17.2. The molecule has 9 heteroatoms. The van der Waals surface area contributed by atoms with Gasteiger partial charge in [-0.1, -0.05) is 51.1 Å². The minimum atomic E-state index is -0.645. The molecule has 0 unspecified atom stereocenters. The number of nitrogens with one attached hydrogen (secondary N) is 1. The molecule has 1 aliphatic heterocycles. The Labute approximate surface area is 216 Å². The summed E-state index contributed by atoms with van der Waals surface area (Å²) in [6.07, 6.45) is -0.983. The van der Waals surface area contributed by atoms with E-state index in [9.17, 15) is 14.4 Å². The molecule has 1 heterocycles. The van der Waals surface area contributed by atoms with Crippen LogP contribution in [-0.2, 0) is 25.6 Å². The predicted molar refractivity (Wildman–Crippen MR) is 140 cm³/mol. The fraction of sp³-hybridized carbons (Fsp3) is 0.667. The zero-order valence-electron chi connectivity index (χ0n) is 23.0. The van der Waals surface area contributed by atoms with Crippen LogP contribution in [0.25, 0.3) is 0 Å². The number of nitrogens with zero attached hydrogens (tertiary/aromatic N) is 2. The lowest BCUT2D eigenvalue weighted by Gasteiger charge is -2.23. The molecule has 1 fully saturated rings. The lowest BCUT2D eigenvalue weighted by atomic mass is 10.00. The first-order chi connectivity index (χ1) is 17.0. The zero-order valence-corrected chi connectivity index (χ0v) is 23.0. The van der Waals surface area contributed by atoms with Crippen molar-refractivity contribution in [2.45, 2.75) is 73.1 Å². The lowest BCUT2D eigenvalue weighted by molar-refractivity contribution is -0.144. The topological polar surface area (TPSA) is 97.4 Å². The number of rotatable bonds is 9. The van der Waals surface area contributed by atoms with Gasteiger partial charge in [-0.25, -0.2) is 9.59 Å². The summed E-state index contributed by atoms with van der Waals surface area (Å²) in [6.45, 7) is 18.1. The summed E-state index contributed by atoms with van der Waals surface area (Å²) in [5.41, 5.74) is 0.236. The number of hydrogen-bond acceptors (Lipinski definition) is 7. The van der Waals surface area contributed by atoms with Crippen LogP contribution in [0.4, 0.5) is 9.59 Å². The van der Waals surface area contributed by atoms with Crippen LogP contribution in [0.3, 0.4) is 0 Å². The van der Waals surface area contributed by atoms with Gasteiger partial charge in [-0.3, -0.25) is 4.79 Å². The number of benzene rings is 1. The Kier molecular flexibility index (Phi) is 13.9. The van der Waals surface area contributed by atoms with E-state index in [1.54, 1.807) is 27.7 Å². The first kappa shape index (κ1) is 31.2. The van der Waals surface area contributed by atoms with Crippen LogP contribution in [-0.4, -0.2) is 78.9 Å². The average molecular weight is 508 g/mol. The fourth-order valence-electron chi connectivity index (χ4n) is 3.77. The van der Waals surface area contributed by atoms with Gasteiger partial charge in [0.15, 0.2) is 0 Å². The summed E-state index contributed by atoms with van der Waals surface area (Å²) in [7, 11) is 0. The highest BCUT2D eigenvalue weighted by molar-refractivity contribution is 5.72. The zero-order chi connectivity index (χ0) is 27.1. The summed E-state index contributed by atoms with van der Waals surface area (Å²) in [5, 5.41) is 2.77. The molecular weight excluding hydrogens is 462 g/mol. The van der Waals surface area contributed by atoms with Crippen LogP contribution in [0.2, 0.25) is 0 Å². The number of carbonyl (C=O) groups excluding carboxylic acids is 3. The molecule has 0 aromatic heterocycles. The summed E-state index contributed by atoms with van der Waals surface area (Å²) in [5.74, 6) is -0.654. The smallest absolute Gasteiger partial charge is 0.410 e. The first-order valence-corrected chi connectivity index (χ1v) is 12.9. The highest BCUT2D eigenvalue weighted by Gasteiger charge is 2.39. The second kappa shape index (κ2) is 16.0. The number of ether oxygens (including phenoxy) is 3. The predicted octanol–water partition coefficient (Wildman–Crippen LogP) is 4.45. The van der Waals surface area contributed by atoms with Crippen molar-refractivity contribution in [3.05, 3.63) is 35.9 Å². The summed E-state index contributed by atoms with van der Waals surface area (Å²) in [4.78, 5) is 40.5. The minimum Gasteiger partial charge on any atom is -0.466 e. The van der Waals surface area contributed by atoms with Crippen molar-refractivity contribution in [1.82, 2.24) is 15.1 Å². The van der Waals surface area contributed by atoms with Crippen molar-refractivity contribution < 1.29 is 28.6 Å². The molecule has 0 saturated carbocycles. The number of hydrogen-bond donors (Lipinski definition) is 1. The Morgan fingerprint density at radius 2 is 1.58 bits per heavy atom. The Hall–Kier alpha value is -2.81. The molecule has 0 aliphatic carbocycles. The van der Waals surface area contributed by atoms with Gasteiger partial charge in [-0.15, -0.1) is 0 Å². The van der Waals surface area contributed by atoms with Gasteiger partial charge in [-0.2, -0.15) is 0 Å². The molecular formula is C27H45N3O6. The third-order valence-electron chi connectivity index (χ3n) is 5.68. The lowest BCUT2D eigenvalue weighted by Crippen LogP contribution is -2.44. The van der Waals surface area contributed by atoms with Crippen LogP contribution in [0, 0.1) is 5.92 Å². The van der Waals surface area contributed by atoms with E-state index in [0.29, 0.717) is 0 Å². The molecule has 9 nitrogen and oxygen atoms in total. The molecule has 36 heavy (non-hydrogen) atoms. The van der Waals surface area contributed by atoms with E-state index in [2.05, 4.69) is 31.0 Å². The Morgan fingerprint density at radius 3 is 2.08 bits per heavy atom. The van der Waals surface area contributed by atoms with E-state index in [4.69, 9.17) is 14.2 Å². The maximum Gasteiger partial charge on any atom is 0.410 e. The van der Waals surface area contributed by atoms with E-state index < -0.39 is 23.8 Å². The van der Waals surface area contributed by atoms with Crippen molar-refractivity contribution in [3.8, 4) is 0 Å². The van der Waals surface area contributed by atoms with Gasteiger partial charge in [0.25, 0.3) is 0 Å². The van der Waals surface area contributed by atoms with Gasteiger partial charge in [0.2, 0.25) is 0 Å². The molecule has 2 atom stereocenters. The average Bonchev–Trinajstić information content (AvgIpc) is 3.20.